The second-order valence-corrected chi connectivity index (χ2v) is 10.2. The quantitative estimate of drug-likeness (QED) is 0.435. The van der Waals surface area contributed by atoms with Gasteiger partial charge in [0.25, 0.3) is 11.5 Å². The van der Waals surface area contributed by atoms with Gasteiger partial charge in [-0.05, 0) is 44.7 Å². The first-order valence-corrected chi connectivity index (χ1v) is 12.5. The molecule has 1 aromatic carbocycles. The number of benzene rings is 1. The SMILES string of the molecule is Cc1ccc(-c2csc(NC(=O)c3sc4nc5n(c(=O)c4c3C)CCCCC5)n2)c(C)c1. The smallest absolute Gasteiger partial charge is 0.267 e. The lowest BCUT2D eigenvalue weighted by molar-refractivity contribution is 0.103. The summed E-state index contributed by atoms with van der Waals surface area (Å²) in [7, 11) is 0. The Hall–Kier alpha value is -2.84. The molecule has 1 N–H and O–H groups in total. The van der Waals surface area contributed by atoms with Crippen LogP contribution in [0.3, 0.4) is 0 Å². The van der Waals surface area contributed by atoms with Crippen molar-refractivity contribution in [1.29, 1.82) is 0 Å². The molecule has 0 bridgehead atoms. The van der Waals surface area contributed by atoms with E-state index in [1.165, 1.54) is 28.2 Å². The molecule has 0 radical (unpaired) electrons. The maximum Gasteiger partial charge on any atom is 0.267 e. The van der Waals surface area contributed by atoms with Gasteiger partial charge < -0.3 is 0 Å². The Morgan fingerprint density at radius 1 is 1.12 bits per heavy atom. The van der Waals surface area contributed by atoms with Gasteiger partial charge in [-0.15, -0.1) is 22.7 Å². The zero-order chi connectivity index (χ0) is 22.4. The van der Waals surface area contributed by atoms with Crippen LogP contribution < -0.4 is 10.9 Å². The van der Waals surface area contributed by atoms with Gasteiger partial charge in [-0.25, -0.2) is 9.97 Å². The average molecular weight is 465 g/mol. The summed E-state index contributed by atoms with van der Waals surface area (Å²) in [5.74, 6) is 0.595. The number of aryl methyl sites for hydroxylation is 4. The fourth-order valence-electron chi connectivity index (χ4n) is 4.34. The fourth-order valence-corrected chi connectivity index (χ4v) is 6.13. The highest BCUT2D eigenvalue weighted by Crippen LogP contribution is 2.31. The normalized spacial score (nSPS) is 13.7. The van der Waals surface area contributed by atoms with Crippen molar-refractivity contribution < 1.29 is 4.79 Å². The number of nitrogens with one attached hydrogen (secondary N) is 1. The monoisotopic (exact) mass is 464 g/mol. The van der Waals surface area contributed by atoms with E-state index in [1.807, 2.05) is 12.3 Å². The van der Waals surface area contributed by atoms with Crippen LogP contribution in [0.2, 0.25) is 0 Å². The molecule has 0 unspecified atom stereocenters. The van der Waals surface area contributed by atoms with E-state index in [-0.39, 0.29) is 11.5 Å². The summed E-state index contributed by atoms with van der Waals surface area (Å²) in [5.41, 5.74) is 4.94. The lowest BCUT2D eigenvalue weighted by atomic mass is 10.0. The van der Waals surface area contributed by atoms with Gasteiger partial charge in [-0.3, -0.25) is 19.5 Å². The summed E-state index contributed by atoms with van der Waals surface area (Å²) in [5, 5.41) is 5.99. The maximum atomic E-state index is 13.1. The van der Waals surface area contributed by atoms with E-state index in [1.54, 1.807) is 4.57 Å². The molecule has 32 heavy (non-hydrogen) atoms. The van der Waals surface area contributed by atoms with Gasteiger partial charge in [-0.2, -0.15) is 0 Å². The lowest BCUT2D eigenvalue weighted by Crippen LogP contribution is -2.24. The van der Waals surface area contributed by atoms with Crippen molar-refractivity contribution in [2.75, 3.05) is 5.32 Å². The second-order valence-electron chi connectivity index (χ2n) is 8.34. The van der Waals surface area contributed by atoms with E-state index < -0.39 is 0 Å². The molecular formula is C24H24N4O2S2. The molecule has 8 heteroatoms. The second kappa shape index (κ2) is 8.26. The molecule has 0 saturated carbocycles. The first-order valence-electron chi connectivity index (χ1n) is 10.8. The minimum atomic E-state index is -0.244. The number of anilines is 1. The van der Waals surface area contributed by atoms with E-state index in [0.717, 1.165) is 48.3 Å². The highest BCUT2D eigenvalue weighted by Gasteiger charge is 2.23. The summed E-state index contributed by atoms with van der Waals surface area (Å²) >= 11 is 2.69. The van der Waals surface area contributed by atoms with Crippen LogP contribution in [0.5, 0.6) is 0 Å². The van der Waals surface area contributed by atoms with Crippen molar-refractivity contribution in [2.24, 2.45) is 0 Å². The van der Waals surface area contributed by atoms with Crippen LogP contribution in [0, 0.1) is 20.8 Å². The van der Waals surface area contributed by atoms with E-state index >= 15 is 0 Å². The number of aromatic nitrogens is 3. The molecule has 0 atom stereocenters. The third-order valence-corrected chi connectivity index (χ3v) is 7.94. The van der Waals surface area contributed by atoms with Crippen molar-refractivity contribution in [2.45, 2.75) is 53.0 Å². The number of rotatable bonds is 3. The molecular weight excluding hydrogens is 440 g/mol. The number of nitrogens with zero attached hydrogens (tertiary/aromatic N) is 3. The van der Waals surface area contributed by atoms with Crippen LogP contribution >= 0.6 is 22.7 Å². The van der Waals surface area contributed by atoms with Crippen LogP contribution in [-0.4, -0.2) is 20.4 Å². The van der Waals surface area contributed by atoms with Crippen molar-refractivity contribution >= 4 is 43.9 Å². The number of carbonyl (C=O) groups excluding carboxylic acids is 1. The molecule has 0 spiro atoms. The maximum absolute atomic E-state index is 13.1. The minimum absolute atomic E-state index is 0.0221. The Labute approximate surface area is 194 Å². The Morgan fingerprint density at radius 3 is 2.78 bits per heavy atom. The van der Waals surface area contributed by atoms with Crippen LogP contribution in [0.25, 0.3) is 21.5 Å². The molecule has 164 valence electrons. The molecule has 0 fully saturated rings. The van der Waals surface area contributed by atoms with Gasteiger partial charge in [0.05, 0.1) is 16.0 Å². The molecule has 1 aliphatic heterocycles. The van der Waals surface area contributed by atoms with Crippen molar-refractivity contribution in [3.8, 4) is 11.3 Å². The molecule has 4 aromatic rings. The van der Waals surface area contributed by atoms with Crippen LogP contribution in [0.1, 0.15) is 51.4 Å². The van der Waals surface area contributed by atoms with Gasteiger partial charge in [0.2, 0.25) is 0 Å². The van der Waals surface area contributed by atoms with E-state index in [2.05, 4.69) is 42.3 Å². The molecule has 1 aliphatic rings. The minimum Gasteiger partial charge on any atom is -0.297 e. The van der Waals surface area contributed by atoms with Gasteiger partial charge >= 0.3 is 0 Å². The molecule has 6 nitrogen and oxygen atoms in total. The van der Waals surface area contributed by atoms with E-state index in [4.69, 9.17) is 4.98 Å². The largest absolute Gasteiger partial charge is 0.297 e. The lowest BCUT2D eigenvalue weighted by Gasteiger charge is -2.08. The number of hydrogen-bond acceptors (Lipinski definition) is 6. The van der Waals surface area contributed by atoms with Crippen LogP contribution in [0.4, 0.5) is 5.13 Å². The fraction of sp³-hybridized carbons (Fsp3) is 0.333. The van der Waals surface area contributed by atoms with Gasteiger partial charge in [0, 0.05) is 23.9 Å². The molecule has 5 rings (SSSR count). The third-order valence-electron chi connectivity index (χ3n) is 6.00. The zero-order valence-corrected chi connectivity index (χ0v) is 20.0. The molecule has 1 amide bonds. The highest BCUT2D eigenvalue weighted by molar-refractivity contribution is 7.21. The first kappa shape index (κ1) is 21.0. The Bertz CT molecular complexity index is 1410. The number of thiazole rings is 1. The van der Waals surface area contributed by atoms with Gasteiger partial charge in [0.15, 0.2) is 5.13 Å². The third kappa shape index (κ3) is 3.67. The number of thiophene rings is 1. The summed E-state index contributed by atoms with van der Waals surface area (Å²) in [4.78, 5) is 36.8. The highest BCUT2D eigenvalue weighted by atomic mass is 32.1. The Balaban J connectivity index is 1.46. The first-order chi connectivity index (χ1) is 15.4. The van der Waals surface area contributed by atoms with Crippen LogP contribution in [-0.2, 0) is 13.0 Å². The predicted octanol–water partition coefficient (Wildman–Crippen LogP) is 5.49. The Kier molecular flexibility index (Phi) is 5.43. The summed E-state index contributed by atoms with van der Waals surface area (Å²) in [6.45, 7) is 6.67. The molecule has 3 aromatic heterocycles. The average Bonchev–Trinajstić information content (AvgIpc) is 3.25. The van der Waals surface area contributed by atoms with Gasteiger partial charge in [0.1, 0.15) is 10.7 Å². The molecule has 0 aliphatic carbocycles. The number of carbonyl (C=O) groups is 1. The zero-order valence-electron chi connectivity index (χ0n) is 18.3. The summed E-state index contributed by atoms with van der Waals surface area (Å²) in [6, 6.07) is 6.25. The van der Waals surface area contributed by atoms with Crippen molar-refractivity contribution in [3.63, 3.8) is 0 Å². The number of hydrogen-bond donors (Lipinski definition) is 1. The predicted molar refractivity (Wildman–Crippen MR) is 131 cm³/mol. The Morgan fingerprint density at radius 2 is 1.97 bits per heavy atom. The van der Waals surface area contributed by atoms with E-state index in [9.17, 15) is 9.59 Å². The molecule has 0 saturated heterocycles. The summed E-state index contributed by atoms with van der Waals surface area (Å²) in [6.07, 6.45) is 3.96. The van der Waals surface area contributed by atoms with Gasteiger partial charge in [-0.1, -0.05) is 30.2 Å². The topological polar surface area (TPSA) is 76.9 Å². The number of amides is 1. The van der Waals surface area contributed by atoms with Crippen molar-refractivity contribution in [3.05, 3.63) is 61.3 Å². The summed E-state index contributed by atoms with van der Waals surface area (Å²) < 4.78 is 1.80. The number of fused-ring (bicyclic) bond motifs is 2. The molecule has 4 heterocycles. The van der Waals surface area contributed by atoms with Crippen LogP contribution in [0.15, 0.2) is 28.4 Å². The van der Waals surface area contributed by atoms with Crippen molar-refractivity contribution in [1.82, 2.24) is 14.5 Å². The standard InChI is InChI=1S/C24H24N4O2S2/c1-13-8-9-16(14(2)11-13)17-12-31-24(25-17)27-21(29)20-15(3)19-22(32-20)26-18-7-5-4-6-10-28(18)23(19)30/h8-9,11-12H,4-7,10H2,1-3H3,(H,25,27,29). The van der Waals surface area contributed by atoms with E-state index in [0.29, 0.717) is 32.3 Å².